The number of aliphatic hydroxyl groups excluding tert-OH is 1. The van der Waals surface area contributed by atoms with E-state index in [9.17, 15) is 5.11 Å². The molecule has 0 radical (unpaired) electrons. The van der Waals surface area contributed by atoms with Gasteiger partial charge in [-0.2, -0.15) is 0 Å². The van der Waals surface area contributed by atoms with E-state index in [4.69, 9.17) is 14.2 Å². The number of hydrogen-bond acceptors (Lipinski definition) is 5. The van der Waals surface area contributed by atoms with Crippen LogP contribution < -0.4 is 19.5 Å². The van der Waals surface area contributed by atoms with E-state index >= 15 is 0 Å². The predicted molar refractivity (Wildman–Crippen MR) is 109 cm³/mol. The number of aliphatic imine (C=N–C) groups is 1. The van der Waals surface area contributed by atoms with E-state index in [0.29, 0.717) is 30.3 Å². The Morgan fingerprint density at radius 2 is 1.84 bits per heavy atom. The van der Waals surface area contributed by atoms with Gasteiger partial charge in [0.2, 0.25) is 0 Å². The molecule has 0 bridgehead atoms. The third-order valence-electron chi connectivity index (χ3n) is 3.98. The third kappa shape index (κ3) is 5.53. The minimum Gasteiger partial charge on any atom is -0.496 e. The number of rotatable bonds is 6. The molecule has 25 heavy (non-hydrogen) atoms. The fourth-order valence-electron chi connectivity index (χ4n) is 2.74. The van der Waals surface area contributed by atoms with Crippen molar-refractivity contribution in [1.29, 1.82) is 0 Å². The smallest absolute Gasteiger partial charge is 0.194 e. The topological polar surface area (TPSA) is 75.6 Å². The average molecular weight is 465 g/mol. The number of likely N-dealkylation sites (tertiary alicyclic amines) is 1. The quantitative estimate of drug-likeness (QED) is 0.380. The van der Waals surface area contributed by atoms with E-state index in [1.54, 1.807) is 27.4 Å². The Balaban J connectivity index is 0.00000312. The van der Waals surface area contributed by atoms with Crippen LogP contribution >= 0.6 is 24.0 Å². The van der Waals surface area contributed by atoms with Gasteiger partial charge in [0.25, 0.3) is 0 Å². The van der Waals surface area contributed by atoms with Crippen molar-refractivity contribution in [3.05, 3.63) is 17.7 Å². The van der Waals surface area contributed by atoms with Gasteiger partial charge in [0.15, 0.2) is 17.5 Å². The van der Waals surface area contributed by atoms with E-state index < -0.39 is 0 Å². The standard InChI is InChI=1S/C17H27N3O4.HI/c1-5-18-17(20-7-6-13(21)11-20)19-10-12-8-15(23-3)16(24-4)9-14(12)22-2;/h8-9,13,21H,5-7,10-11H2,1-4H3,(H,18,19);1H/t13-;/m1./s1. The van der Waals surface area contributed by atoms with Crippen LogP contribution in [0.5, 0.6) is 17.2 Å². The summed E-state index contributed by atoms with van der Waals surface area (Å²) in [6, 6.07) is 3.68. The molecule has 1 heterocycles. The summed E-state index contributed by atoms with van der Waals surface area (Å²) in [6.45, 7) is 4.65. The Morgan fingerprint density at radius 3 is 2.36 bits per heavy atom. The monoisotopic (exact) mass is 465 g/mol. The largest absolute Gasteiger partial charge is 0.496 e. The normalized spacial score (nSPS) is 17.1. The molecule has 1 aromatic rings. The Morgan fingerprint density at radius 1 is 1.20 bits per heavy atom. The first-order chi connectivity index (χ1) is 11.6. The number of β-amino-alcohol motifs (C(OH)–C–C–N with tert-alkyl or cyclic N) is 1. The van der Waals surface area contributed by atoms with Crippen molar-refractivity contribution < 1.29 is 19.3 Å². The zero-order valence-electron chi connectivity index (χ0n) is 15.2. The number of halogens is 1. The van der Waals surface area contributed by atoms with Crippen LogP contribution in [-0.4, -0.2) is 63.0 Å². The van der Waals surface area contributed by atoms with Crippen LogP contribution in [0.15, 0.2) is 17.1 Å². The first-order valence-corrected chi connectivity index (χ1v) is 8.13. The van der Waals surface area contributed by atoms with Crippen molar-refractivity contribution in [3.63, 3.8) is 0 Å². The third-order valence-corrected chi connectivity index (χ3v) is 3.98. The number of methoxy groups -OCH3 is 3. The fourth-order valence-corrected chi connectivity index (χ4v) is 2.74. The molecule has 0 spiro atoms. The number of benzene rings is 1. The van der Waals surface area contributed by atoms with Gasteiger partial charge in [-0.1, -0.05) is 0 Å². The minimum absolute atomic E-state index is 0. The Labute approximate surface area is 166 Å². The molecule has 1 fully saturated rings. The molecule has 0 aromatic heterocycles. The van der Waals surface area contributed by atoms with Crippen LogP contribution in [0.3, 0.4) is 0 Å². The van der Waals surface area contributed by atoms with Crippen LogP contribution in [0.4, 0.5) is 0 Å². The van der Waals surface area contributed by atoms with Crippen molar-refractivity contribution in [2.75, 3.05) is 41.0 Å². The van der Waals surface area contributed by atoms with Gasteiger partial charge >= 0.3 is 0 Å². The van der Waals surface area contributed by atoms with Gasteiger partial charge in [0.1, 0.15) is 5.75 Å². The maximum absolute atomic E-state index is 9.74. The lowest BCUT2D eigenvalue weighted by molar-refractivity contribution is 0.188. The van der Waals surface area contributed by atoms with Gasteiger partial charge in [-0.3, -0.25) is 0 Å². The molecule has 0 aliphatic carbocycles. The molecule has 1 aromatic carbocycles. The summed E-state index contributed by atoms with van der Waals surface area (Å²) >= 11 is 0. The molecule has 1 atom stereocenters. The molecule has 7 nitrogen and oxygen atoms in total. The molecule has 0 amide bonds. The van der Waals surface area contributed by atoms with Crippen LogP contribution in [0.1, 0.15) is 18.9 Å². The van der Waals surface area contributed by atoms with Crippen molar-refractivity contribution >= 4 is 29.9 Å². The summed E-state index contributed by atoms with van der Waals surface area (Å²) in [5.41, 5.74) is 0.908. The van der Waals surface area contributed by atoms with Gasteiger partial charge in [-0.15, -0.1) is 24.0 Å². The van der Waals surface area contributed by atoms with E-state index in [1.807, 2.05) is 13.0 Å². The van der Waals surface area contributed by atoms with Gasteiger partial charge in [-0.05, 0) is 19.4 Å². The Kier molecular flexibility index (Phi) is 9.12. The van der Waals surface area contributed by atoms with Gasteiger partial charge in [0.05, 0.1) is 34.0 Å². The van der Waals surface area contributed by atoms with Crippen molar-refractivity contribution in [2.45, 2.75) is 26.0 Å². The molecule has 1 saturated heterocycles. The lowest BCUT2D eigenvalue weighted by Crippen LogP contribution is -2.40. The molecular weight excluding hydrogens is 437 g/mol. The van der Waals surface area contributed by atoms with Crippen LogP contribution in [0.25, 0.3) is 0 Å². The summed E-state index contributed by atoms with van der Waals surface area (Å²) in [5, 5.41) is 13.0. The van der Waals surface area contributed by atoms with Gasteiger partial charge in [-0.25, -0.2) is 4.99 Å². The summed E-state index contributed by atoms with van der Waals surface area (Å²) in [5.74, 6) is 2.77. The molecule has 0 unspecified atom stereocenters. The molecule has 1 aliphatic rings. The highest BCUT2D eigenvalue weighted by molar-refractivity contribution is 14.0. The zero-order chi connectivity index (χ0) is 17.5. The molecule has 1 aliphatic heterocycles. The number of hydrogen-bond donors (Lipinski definition) is 2. The molecule has 8 heteroatoms. The molecular formula is C17H28IN3O4. The number of aliphatic hydroxyl groups is 1. The number of nitrogens with zero attached hydrogens (tertiary/aromatic N) is 2. The first kappa shape index (κ1) is 21.6. The number of guanidine groups is 1. The summed E-state index contributed by atoms with van der Waals surface area (Å²) in [7, 11) is 4.82. The second-order valence-electron chi connectivity index (χ2n) is 5.58. The van der Waals surface area contributed by atoms with E-state index in [2.05, 4.69) is 15.2 Å². The second-order valence-corrected chi connectivity index (χ2v) is 5.58. The molecule has 2 N–H and O–H groups in total. The predicted octanol–water partition coefficient (Wildman–Crippen LogP) is 1.86. The van der Waals surface area contributed by atoms with Crippen molar-refractivity contribution in [2.24, 2.45) is 4.99 Å². The second kappa shape index (κ2) is 10.5. The lowest BCUT2D eigenvalue weighted by Gasteiger charge is -2.21. The highest BCUT2D eigenvalue weighted by Crippen LogP contribution is 2.34. The van der Waals surface area contributed by atoms with Gasteiger partial charge in [0, 0.05) is 31.3 Å². The van der Waals surface area contributed by atoms with E-state index in [-0.39, 0.29) is 30.1 Å². The highest BCUT2D eigenvalue weighted by Gasteiger charge is 2.23. The zero-order valence-corrected chi connectivity index (χ0v) is 17.6. The van der Waals surface area contributed by atoms with Crippen LogP contribution in [-0.2, 0) is 6.54 Å². The van der Waals surface area contributed by atoms with Crippen molar-refractivity contribution in [1.82, 2.24) is 10.2 Å². The Bertz CT molecular complexity index is 583. The van der Waals surface area contributed by atoms with E-state index in [1.165, 1.54) is 0 Å². The van der Waals surface area contributed by atoms with Gasteiger partial charge < -0.3 is 29.5 Å². The first-order valence-electron chi connectivity index (χ1n) is 8.13. The molecule has 2 rings (SSSR count). The average Bonchev–Trinajstić information content (AvgIpc) is 3.03. The lowest BCUT2D eigenvalue weighted by atomic mass is 10.1. The number of ether oxygens (including phenoxy) is 3. The summed E-state index contributed by atoms with van der Waals surface area (Å²) in [6.07, 6.45) is 0.480. The van der Waals surface area contributed by atoms with E-state index in [0.717, 1.165) is 31.0 Å². The van der Waals surface area contributed by atoms with Crippen LogP contribution in [0, 0.1) is 0 Å². The summed E-state index contributed by atoms with van der Waals surface area (Å²) < 4.78 is 16.1. The summed E-state index contributed by atoms with van der Waals surface area (Å²) in [4.78, 5) is 6.75. The maximum Gasteiger partial charge on any atom is 0.194 e. The minimum atomic E-state index is -0.288. The van der Waals surface area contributed by atoms with Crippen LogP contribution in [0.2, 0.25) is 0 Å². The molecule has 142 valence electrons. The van der Waals surface area contributed by atoms with Crippen molar-refractivity contribution in [3.8, 4) is 17.2 Å². The fraction of sp³-hybridized carbons (Fsp3) is 0.588. The maximum atomic E-state index is 9.74. The highest BCUT2D eigenvalue weighted by atomic mass is 127. The number of nitrogens with one attached hydrogen (secondary N) is 1. The SMILES string of the molecule is CCNC(=NCc1cc(OC)c(OC)cc1OC)N1CC[C@@H](O)C1.I. The molecule has 0 saturated carbocycles. The Hall–Kier alpha value is -1.42.